The van der Waals surface area contributed by atoms with Crippen LogP contribution in [-0.2, 0) is 0 Å². The van der Waals surface area contributed by atoms with E-state index in [2.05, 4.69) is 28.9 Å². The summed E-state index contributed by atoms with van der Waals surface area (Å²) in [5.74, 6) is 0.871. The van der Waals surface area contributed by atoms with Crippen LogP contribution >= 0.6 is 0 Å². The normalized spacial score (nSPS) is 22.4. The van der Waals surface area contributed by atoms with Gasteiger partial charge in [0, 0.05) is 30.2 Å². The van der Waals surface area contributed by atoms with Crippen molar-refractivity contribution in [3.05, 3.63) is 30.5 Å². The average Bonchev–Trinajstić information content (AvgIpc) is 2.53. The summed E-state index contributed by atoms with van der Waals surface area (Å²) >= 11 is 0. The van der Waals surface area contributed by atoms with E-state index in [1.165, 1.54) is 0 Å². The lowest BCUT2D eigenvalue weighted by molar-refractivity contribution is 0.372. The Hall–Kier alpha value is -1.68. The molecule has 0 radical (unpaired) electrons. The Bertz CT molecular complexity index is 590. The topological polar surface area (TPSA) is 55.0 Å². The van der Waals surface area contributed by atoms with Crippen molar-refractivity contribution in [3.8, 4) is 0 Å². The van der Waals surface area contributed by atoms with Gasteiger partial charge in [0.25, 0.3) is 0 Å². The fourth-order valence-corrected chi connectivity index (χ4v) is 3.20. The second kappa shape index (κ2) is 6.39. The summed E-state index contributed by atoms with van der Waals surface area (Å²) in [6, 6.07) is 9.08. The van der Waals surface area contributed by atoms with E-state index in [4.69, 9.17) is 10.7 Å². The van der Waals surface area contributed by atoms with E-state index in [9.17, 15) is 0 Å². The Morgan fingerprint density at radius 2 is 1.95 bits per heavy atom. The van der Waals surface area contributed by atoms with E-state index in [-0.39, 0.29) is 0 Å². The second-order valence-electron chi connectivity index (χ2n) is 5.99. The molecule has 1 aromatic heterocycles. The van der Waals surface area contributed by atoms with E-state index in [0.29, 0.717) is 12.1 Å². The van der Waals surface area contributed by atoms with E-state index < -0.39 is 0 Å². The first-order chi connectivity index (χ1) is 10.3. The van der Waals surface area contributed by atoms with Crippen molar-refractivity contribution >= 4 is 16.9 Å². The Morgan fingerprint density at radius 3 is 2.71 bits per heavy atom. The number of nitrogens with zero attached hydrogens (tertiary/aromatic N) is 3. The molecule has 0 aliphatic heterocycles. The van der Waals surface area contributed by atoms with Gasteiger partial charge >= 0.3 is 0 Å². The SMILES string of the molecule is CCCN(c1ncc2ccccc2n1)C1CCC(N)CC1. The van der Waals surface area contributed by atoms with Crippen LogP contribution in [0.2, 0.25) is 0 Å². The van der Waals surface area contributed by atoms with Gasteiger partial charge in [-0.25, -0.2) is 9.97 Å². The van der Waals surface area contributed by atoms with Gasteiger partial charge in [-0.1, -0.05) is 25.1 Å². The number of benzene rings is 1. The number of fused-ring (bicyclic) bond motifs is 1. The Kier molecular flexibility index (Phi) is 4.34. The second-order valence-corrected chi connectivity index (χ2v) is 5.99. The van der Waals surface area contributed by atoms with Gasteiger partial charge in [-0.15, -0.1) is 0 Å². The molecular weight excluding hydrogens is 260 g/mol. The molecule has 0 saturated heterocycles. The largest absolute Gasteiger partial charge is 0.338 e. The quantitative estimate of drug-likeness (QED) is 0.937. The molecule has 0 atom stereocenters. The van der Waals surface area contributed by atoms with Crippen molar-refractivity contribution in [3.63, 3.8) is 0 Å². The van der Waals surface area contributed by atoms with Gasteiger partial charge in [0.1, 0.15) is 0 Å². The predicted molar refractivity (Wildman–Crippen MR) is 87.4 cm³/mol. The molecule has 3 rings (SSSR count). The fourth-order valence-electron chi connectivity index (χ4n) is 3.20. The number of aromatic nitrogens is 2. The first kappa shape index (κ1) is 14.3. The highest BCUT2D eigenvalue weighted by molar-refractivity contribution is 5.78. The summed E-state index contributed by atoms with van der Waals surface area (Å²) in [5, 5.41) is 1.10. The zero-order valence-corrected chi connectivity index (χ0v) is 12.7. The molecule has 21 heavy (non-hydrogen) atoms. The smallest absolute Gasteiger partial charge is 0.226 e. The van der Waals surface area contributed by atoms with Gasteiger partial charge in [0.05, 0.1) is 5.52 Å². The maximum Gasteiger partial charge on any atom is 0.226 e. The van der Waals surface area contributed by atoms with Crippen LogP contribution in [0.15, 0.2) is 30.5 Å². The van der Waals surface area contributed by atoms with Crippen LogP contribution in [0.25, 0.3) is 10.9 Å². The fraction of sp³-hybridized carbons (Fsp3) is 0.529. The van der Waals surface area contributed by atoms with Gasteiger partial charge in [0.15, 0.2) is 0 Å². The van der Waals surface area contributed by atoms with Crippen LogP contribution in [0.4, 0.5) is 5.95 Å². The van der Waals surface area contributed by atoms with Crippen molar-refractivity contribution in [2.45, 2.75) is 51.1 Å². The Labute approximate surface area is 126 Å². The summed E-state index contributed by atoms with van der Waals surface area (Å²) in [6.07, 6.45) is 7.57. The summed E-state index contributed by atoms with van der Waals surface area (Å²) < 4.78 is 0. The highest BCUT2D eigenvalue weighted by atomic mass is 15.3. The zero-order chi connectivity index (χ0) is 14.7. The maximum atomic E-state index is 6.03. The van der Waals surface area contributed by atoms with E-state index in [1.807, 2.05) is 18.3 Å². The molecule has 0 bridgehead atoms. The van der Waals surface area contributed by atoms with Gasteiger partial charge in [-0.2, -0.15) is 0 Å². The van der Waals surface area contributed by atoms with Gasteiger partial charge < -0.3 is 10.6 Å². The van der Waals surface area contributed by atoms with Gasteiger partial charge in [-0.05, 0) is 38.2 Å². The van der Waals surface area contributed by atoms with Crippen LogP contribution in [0.5, 0.6) is 0 Å². The number of rotatable bonds is 4. The lowest BCUT2D eigenvalue weighted by Gasteiger charge is -2.36. The third-order valence-corrected chi connectivity index (χ3v) is 4.38. The molecular formula is C17H24N4. The number of anilines is 1. The van der Waals surface area contributed by atoms with Gasteiger partial charge in [0.2, 0.25) is 5.95 Å². The molecule has 1 heterocycles. The molecule has 4 heteroatoms. The molecule has 112 valence electrons. The minimum atomic E-state index is 0.377. The maximum absolute atomic E-state index is 6.03. The molecule has 1 aliphatic carbocycles. The minimum Gasteiger partial charge on any atom is -0.338 e. The molecule has 1 aliphatic rings. The monoisotopic (exact) mass is 284 g/mol. The van der Waals surface area contributed by atoms with Crippen LogP contribution in [-0.4, -0.2) is 28.6 Å². The van der Waals surface area contributed by atoms with Crippen molar-refractivity contribution in [1.82, 2.24) is 9.97 Å². The number of hydrogen-bond acceptors (Lipinski definition) is 4. The molecule has 0 unspecified atom stereocenters. The first-order valence-corrected chi connectivity index (χ1v) is 8.02. The molecule has 1 fully saturated rings. The van der Waals surface area contributed by atoms with E-state index >= 15 is 0 Å². The highest BCUT2D eigenvalue weighted by Crippen LogP contribution is 2.26. The molecule has 2 aromatic rings. The standard InChI is InChI=1S/C17H24N4/c1-2-11-21(15-9-7-14(18)8-10-15)17-19-12-13-5-3-4-6-16(13)20-17/h3-6,12,14-15H,2,7-11,18H2,1H3. The van der Waals surface area contributed by atoms with Crippen LogP contribution < -0.4 is 10.6 Å². The van der Waals surface area contributed by atoms with Crippen LogP contribution in [0.1, 0.15) is 39.0 Å². The molecule has 1 aromatic carbocycles. The predicted octanol–water partition coefficient (Wildman–Crippen LogP) is 3.12. The number of hydrogen-bond donors (Lipinski definition) is 1. The molecule has 1 saturated carbocycles. The highest BCUT2D eigenvalue weighted by Gasteiger charge is 2.25. The number of para-hydroxylation sites is 1. The molecule has 0 spiro atoms. The Balaban J connectivity index is 1.87. The average molecular weight is 284 g/mol. The van der Waals surface area contributed by atoms with Crippen LogP contribution in [0.3, 0.4) is 0 Å². The van der Waals surface area contributed by atoms with Crippen molar-refractivity contribution in [1.29, 1.82) is 0 Å². The minimum absolute atomic E-state index is 0.377. The third-order valence-electron chi connectivity index (χ3n) is 4.38. The van der Waals surface area contributed by atoms with E-state index in [0.717, 1.165) is 55.5 Å². The van der Waals surface area contributed by atoms with Crippen molar-refractivity contribution in [2.24, 2.45) is 5.73 Å². The van der Waals surface area contributed by atoms with Crippen molar-refractivity contribution < 1.29 is 0 Å². The van der Waals surface area contributed by atoms with E-state index in [1.54, 1.807) is 0 Å². The molecule has 4 nitrogen and oxygen atoms in total. The Morgan fingerprint density at radius 1 is 1.19 bits per heavy atom. The third kappa shape index (κ3) is 3.16. The summed E-state index contributed by atoms with van der Waals surface area (Å²) in [7, 11) is 0. The lowest BCUT2D eigenvalue weighted by atomic mass is 9.91. The summed E-state index contributed by atoms with van der Waals surface area (Å²) in [4.78, 5) is 11.8. The van der Waals surface area contributed by atoms with Crippen molar-refractivity contribution in [2.75, 3.05) is 11.4 Å². The number of nitrogens with two attached hydrogens (primary N) is 1. The van der Waals surface area contributed by atoms with Crippen LogP contribution in [0, 0.1) is 0 Å². The lowest BCUT2D eigenvalue weighted by Crippen LogP contribution is -2.42. The van der Waals surface area contributed by atoms with Gasteiger partial charge in [-0.3, -0.25) is 0 Å². The molecule has 0 amide bonds. The summed E-state index contributed by atoms with van der Waals surface area (Å²) in [6.45, 7) is 3.22. The summed E-state index contributed by atoms with van der Waals surface area (Å²) in [5.41, 5.74) is 7.06. The first-order valence-electron chi connectivity index (χ1n) is 8.02. The zero-order valence-electron chi connectivity index (χ0n) is 12.7. The molecule has 2 N–H and O–H groups in total.